The Morgan fingerprint density at radius 2 is 2.29 bits per heavy atom. The van der Waals surface area contributed by atoms with Gasteiger partial charge in [-0.05, 0) is 24.5 Å². The van der Waals surface area contributed by atoms with Crippen LogP contribution in [0.2, 0.25) is 0 Å². The number of ether oxygens (including phenoxy) is 1. The van der Waals surface area contributed by atoms with E-state index in [1.807, 2.05) is 26.0 Å². The lowest BCUT2D eigenvalue weighted by atomic mass is 10.2. The van der Waals surface area contributed by atoms with Crippen molar-refractivity contribution in [1.82, 2.24) is 4.98 Å². The Morgan fingerprint density at radius 1 is 1.53 bits per heavy atom. The van der Waals surface area contributed by atoms with E-state index in [0.717, 1.165) is 17.2 Å². The minimum atomic E-state index is 0.196. The number of aromatic nitrogens is 1. The van der Waals surface area contributed by atoms with Gasteiger partial charge in [0.2, 0.25) is 5.88 Å². The summed E-state index contributed by atoms with van der Waals surface area (Å²) in [5, 5.41) is 9.83. The van der Waals surface area contributed by atoms with E-state index in [1.54, 1.807) is 11.8 Å². The number of thioether (sulfide) groups is 1. The lowest BCUT2D eigenvalue weighted by Gasteiger charge is -2.10. The van der Waals surface area contributed by atoms with E-state index in [4.69, 9.17) is 15.6 Å². The second kappa shape index (κ2) is 7.40. The predicted octanol–water partition coefficient (Wildman–Crippen LogP) is 2.17. The third kappa shape index (κ3) is 4.83. The fourth-order valence-electron chi connectivity index (χ4n) is 1.11. The maximum Gasteiger partial charge on any atom is 0.238 e. The summed E-state index contributed by atoms with van der Waals surface area (Å²) in [6.45, 7) is 4.86. The summed E-state index contributed by atoms with van der Waals surface area (Å²) in [5.41, 5.74) is 6.34. The van der Waals surface area contributed by atoms with Gasteiger partial charge in [0.25, 0.3) is 0 Å². The number of pyridine rings is 1. The molecule has 1 aromatic heterocycles. The first kappa shape index (κ1) is 14.1. The summed E-state index contributed by atoms with van der Waals surface area (Å²) in [5.74, 6) is 1.61. The Bertz CT molecular complexity index is 347. The van der Waals surface area contributed by atoms with Crippen molar-refractivity contribution in [2.45, 2.75) is 25.3 Å². The van der Waals surface area contributed by atoms with Crippen molar-refractivity contribution < 1.29 is 9.84 Å². The summed E-state index contributed by atoms with van der Waals surface area (Å²) >= 11 is 1.60. The maximum absolute atomic E-state index is 8.95. The quantitative estimate of drug-likeness (QED) is 0.732. The fraction of sp³-hybridized carbons (Fsp3) is 0.583. The molecular weight excluding hydrogens is 236 g/mol. The van der Waals surface area contributed by atoms with Crippen molar-refractivity contribution in [2.75, 3.05) is 24.7 Å². The molecule has 0 saturated heterocycles. The molecule has 1 heterocycles. The number of nitrogens with zero attached hydrogens (tertiary/aromatic N) is 1. The number of nitrogens with two attached hydrogens (primary N) is 1. The van der Waals surface area contributed by atoms with E-state index in [-0.39, 0.29) is 12.5 Å². The van der Waals surface area contributed by atoms with Crippen molar-refractivity contribution in [1.29, 1.82) is 0 Å². The van der Waals surface area contributed by atoms with Crippen LogP contribution in [0.1, 0.15) is 20.3 Å². The van der Waals surface area contributed by atoms with E-state index in [1.165, 1.54) is 0 Å². The molecule has 1 aromatic rings. The standard InChI is InChI=1S/C12H20N2O2S/c1-3-6-16-12-10(13)4-5-11(14-12)17-8-9(2)7-15/h4-5,9,15H,3,6-8,13H2,1-2H3. The van der Waals surface area contributed by atoms with Crippen molar-refractivity contribution in [3.8, 4) is 5.88 Å². The highest BCUT2D eigenvalue weighted by Gasteiger charge is 2.06. The van der Waals surface area contributed by atoms with Crippen LogP contribution in [0.4, 0.5) is 5.69 Å². The van der Waals surface area contributed by atoms with Gasteiger partial charge in [0.15, 0.2) is 0 Å². The van der Waals surface area contributed by atoms with E-state index in [9.17, 15) is 0 Å². The second-order valence-electron chi connectivity index (χ2n) is 3.99. The number of aliphatic hydroxyl groups excluding tert-OH is 1. The van der Waals surface area contributed by atoms with Crippen LogP contribution in [0, 0.1) is 5.92 Å². The molecule has 0 aliphatic heterocycles. The summed E-state index contributed by atoms with van der Waals surface area (Å²) in [7, 11) is 0. The van der Waals surface area contributed by atoms with Gasteiger partial charge in [-0.25, -0.2) is 4.98 Å². The normalized spacial score (nSPS) is 12.4. The molecule has 1 unspecified atom stereocenters. The second-order valence-corrected chi connectivity index (χ2v) is 5.03. The highest BCUT2D eigenvalue weighted by Crippen LogP contribution is 2.25. The van der Waals surface area contributed by atoms with Crippen LogP contribution in [0.5, 0.6) is 5.88 Å². The van der Waals surface area contributed by atoms with Crippen LogP contribution in [-0.2, 0) is 0 Å². The first-order valence-electron chi connectivity index (χ1n) is 5.80. The molecule has 0 bridgehead atoms. The molecule has 0 spiro atoms. The highest BCUT2D eigenvalue weighted by atomic mass is 32.2. The third-order valence-corrected chi connectivity index (χ3v) is 3.39. The molecule has 96 valence electrons. The number of hydrogen-bond donors (Lipinski definition) is 2. The molecule has 1 atom stereocenters. The number of hydrogen-bond acceptors (Lipinski definition) is 5. The monoisotopic (exact) mass is 256 g/mol. The van der Waals surface area contributed by atoms with Crippen molar-refractivity contribution in [2.24, 2.45) is 5.92 Å². The van der Waals surface area contributed by atoms with Gasteiger partial charge in [0.1, 0.15) is 5.03 Å². The molecule has 3 N–H and O–H groups in total. The molecule has 5 heteroatoms. The smallest absolute Gasteiger partial charge is 0.238 e. The SMILES string of the molecule is CCCOc1nc(SCC(C)CO)ccc1N. The van der Waals surface area contributed by atoms with Gasteiger partial charge in [-0.3, -0.25) is 0 Å². The number of rotatable bonds is 7. The van der Waals surface area contributed by atoms with Crippen LogP contribution < -0.4 is 10.5 Å². The van der Waals surface area contributed by atoms with Gasteiger partial charge < -0.3 is 15.6 Å². The van der Waals surface area contributed by atoms with Crippen molar-refractivity contribution in [3.63, 3.8) is 0 Å². The molecule has 0 aliphatic carbocycles. The first-order chi connectivity index (χ1) is 8.17. The number of anilines is 1. The van der Waals surface area contributed by atoms with Crippen LogP contribution >= 0.6 is 11.8 Å². The third-order valence-electron chi connectivity index (χ3n) is 2.13. The van der Waals surface area contributed by atoms with Crippen molar-refractivity contribution in [3.05, 3.63) is 12.1 Å². The zero-order valence-corrected chi connectivity index (χ0v) is 11.2. The zero-order chi connectivity index (χ0) is 12.7. The molecule has 1 rings (SSSR count). The molecule has 0 fully saturated rings. The molecule has 0 amide bonds. The van der Waals surface area contributed by atoms with Gasteiger partial charge >= 0.3 is 0 Å². The largest absolute Gasteiger partial charge is 0.476 e. The average Bonchev–Trinajstić information content (AvgIpc) is 2.35. The number of nitrogen functional groups attached to an aromatic ring is 1. The molecular formula is C12H20N2O2S. The van der Waals surface area contributed by atoms with Gasteiger partial charge in [-0.15, -0.1) is 11.8 Å². The first-order valence-corrected chi connectivity index (χ1v) is 6.78. The summed E-state index contributed by atoms with van der Waals surface area (Å²) < 4.78 is 5.46. The van der Waals surface area contributed by atoms with E-state index in [2.05, 4.69) is 4.98 Å². The number of aliphatic hydroxyl groups is 1. The van der Waals surface area contributed by atoms with Crippen LogP contribution in [-0.4, -0.2) is 29.1 Å². The maximum atomic E-state index is 8.95. The van der Waals surface area contributed by atoms with Gasteiger partial charge in [0.05, 0.1) is 12.3 Å². The van der Waals surface area contributed by atoms with Crippen molar-refractivity contribution >= 4 is 17.4 Å². The van der Waals surface area contributed by atoms with Crippen LogP contribution in [0.3, 0.4) is 0 Å². The Morgan fingerprint density at radius 3 is 2.94 bits per heavy atom. The Labute approximate surface area is 107 Å². The van der Waals surface area contributed by atoms with Gasteiger partial charge in [0, 0.05) is 12.4 Å². The van der Waals surface area contributed by atoms with Gasteiger partial charge in [-0.1, -0.05) is 13.8 Å². The average molecular weight is 256 g/mol. The van der Waals surface area contributed by atoms with Crippen LogP contribution in [0.25, 0.3) is 0 Å². The fourth-order valence-corrected chi connectivity index (χ4v) is 1.98. The minimum absolute atomic E-state index is 0.196. The summed E-state index contributed by atoms with van der Waals surface area (Å²) in [4.78, 5) is 4.35. The molecule has 4 nitrogen and oxygen atoms in total. The predicted molar refractivity (Wildman–Crippen MR) is 71.4 cm³/mol. The van der Waals surface area contributed by atoms with Crippen LogP contribution in [0.15, 0.2) is 17.2 Å². The molecule has 17 heavy (non-hydrogen) atoms. The molecule has 0 aliphatic rings. The highest BCUT2D eigenvalue weighted by molar-refractivity contribution is 7.99. The molecule has 0 saturated carbocycles. The van der Waals surface area contributed by atoms with Gasteiger partial charge in [-0.2, -0.15) is 0 Å². The van der Waals surface area contributed by atoms with E-state index >= 15 is 0 Å². The lowest BCUT2D eigenvalue weighted by molar-refractivity contribution is 0.250. The lowest BCUT2D eigenvalue weighted by Crippen LogP contribution is -2.05. The Kier molecular flexibility index (Phi) is 6.15. The summed E-state index contributed by atoms with van der Waals surface area (Å²) in [6, 6.07) is 3.69. The van der Waals surface area contributed by atoms with E-state index in [0.29, 0.717) is 18.2 Å². The molecule has 0 radical (unpaired) electrons. The molecule has 0 aromatic carbocycles. The Balaban J connectivity index is 2.61. The zero-order valence-electron chi connectivity index (χ0n) is 10.3. The topological polar surface area (TPSA) is 68.4 Å². The summed E-state index contributed by atoms with van der Waals surface area (Å²) in [6.07, 6.45) is 0.931. The van der Waals surface area contributed by atoms with E-state index < -0.39 is 0 Å². The Hall–Kier alpha value is -0.940. The minimum Gasteiger partial charge on any atom is -0.476 e.